The topological polar surface area (TPSA) is 20.2 Å². The molecule has 22 heavy (non-hydrogen) atoms. The molecule has 0 radical (unpaired) electrons. The standard InChI is InChI=1S/C12H16.C9H10O/c1-5-10-6-8-11(9-7-10)12(2,3)4;1-7(2)8-5-3-4-6-9(8)10/h5-9H,1H2,2-4H3;3-6,10H,1H2,2H3. The first-order valence-corrected chi connectivity index (χ1v) is 7.42. The molecule has 1 nitrogen and oxygen atoms in total. The molecule has 0 aliphatic heterocycles. The van der Waals surface area contributed by atoms with Crippen LogP contribution in [0.3, 0.4) is 0 Å². The van der Waals surface area contributed by atoms with E-state index in [2.05, 4.69) is 58.2 Å². The number of allylic oxidation sites excluding steroid dienone is 1. The van der Waals surface area contributed by atoms with Crippen molar-refractivity contribution in [3.8, 4) is 5.75 Å². The number of rotatable bonds is 2. The molecular weight excluding hydrogens is 268 g/mol. The summed E-state index contributed by atoms with van der Waals surface area (Å²) in [7, 11) is 0. The maximum atomic E-state index is 9.22. The van der Waals surface area contributed by atoms with Crippen LogP contribution < -0.4 is 0 Å². The Balaban J connectivity index is 0.000000224. The number of benzene rings is 2. The smallest absolute Gasteiger partial charge is 0.123 e. The van der Waals surface area contributed by atoms with Crippen LogP contribution in [0.15, 0.2) is 61.7 Å². The van der Waals surface area contributed by atoms with Crippen molar-refractivity contribution in [3.05, 3.63) is 78.4 Å². The number of phenols is 1. The SMILES string of the molecule is C=C(C)c1ccccc1O.C=Cc1ccc(C(C)(C)C)cc1. The summed E-state index contributed by atoms with van der Waals surface area (Å²) in [5.41, 5.74) is 4.51. The molecule has 116 valence electrons. The average molecular weight is 294 g/mol. The molecule has 0 aliphatic carbocycles. The lowest BCUT2D eigenvalue weighted by molar-refractivity contribution is 0.473. The van der Waals surface area contributed by atoms with E-state index >= 15 is 0 Å². The quantitative estimate of drug-likeness (QED) is 0.714. The molecule has 0 atom stereocenters. The summed E-state index contributed by atoms with van der Waals surface area (Å²) < 4.78 is 0. The Hall–Kier alpha value is -2.28. The highest BCUT2D eigenvalue weighted by atomic mass is 16.3. The van der Waals surface area contributed by atoms with E-state index in [4.69, 9.17) is 0 Å². The third kappa shape index (κ3) is 5.25. The molecule has 0 heterocycles. The summed E-state index contributed by atoms with van der Waals surface area (Å²) in [4.78, 5) is 0. The third-order valence-corrected chi connectivity index (χ3v) is 3.38. The predicted molar refractivity (Wildman–Crippen MR) is 98.0 cm³/mol. The Bertz CT molecular complexity index is 628. The summed E-state index contributed by atoms with van der Waals surface area (Å²) in [6.07, 6.45) is 1.87. The number of para-hydroxylation sites is 1. The maximum absolute atomic E-state index is 9.22. The molecule has 1 N–H and O–H groups in total. The monoisotopic (exact) mass is 294 g/mol. The first-order chi connectivity index (χ1) is 10.3. The van der Waals surface area contributed by atoms with Gasteiger partial charge in [-0.2, -0.15) is 0 Å². The van der Waals surface area contributed by atoms with E-state index in [0.29, 0.717) is 5.75 Å². The zero-order chi connectivity index (χ0) is 16.8. The largest absolute Gasteiger partial charge is 0.507 e. The van der Waals surface area contributed by atoms with Crippen molar-refractivity contribution in [2.45, 2.75) is 33.1 Å². The molecule has 1 heteroatoms. The Kier molecular flexibility index (Phi) is 6.18. The van der Waals surface area contributed by atoms with Gasteiger partial charge >= 0.3 is 0 Å². The Morgan fingerprint density at radius 3 is 1.91 bits per heavy atom. The van der Waals surface area contributed by atoms with E-state index in [0.717, 1.165) is 11.1 Å². The minimum Gasteiger partial charge on any atom is -0.507 e. The van der Waals surface area contributed by atoms with Crippen LogP contribution in [0.5, 0.6) is 5.75 Å². The number of hydrogen-bond donors (Lipinski definition) is 1. The van der Waals surface area contributed by atoms with Gasteiger partial charge in [-0.15, -0.1) is 0 Å². The van der Waals surface area contributed by atoms with Crippen molar-refractivity contribution in [2.24, 2.45) is 0 Å². The minimum atomic E-state index is 0.250. The van der Waals surface area contributed by atoms with Crippen molar-refractivity contribution < 1.29 is 5.11 Å². The van der Waals surface area contributed by atoms with E-state index in [-0.39, 0.29) is 5.41 Å². The van der Waals surface area contributed by atoms with Crippen LogP contribution in [-0.4, -0.2) is 5.11 Å². The van der Waals surface area contributed by atoms with Gasteiger partial charge < -0.3 is 5.11 Å². The first kappa shape index (κ1) is 17.8. The second-order valence-electron chi connectivity index (χ2n) is 6.37. The first-order valence-electron chi connectivity index (χ1n) is 7.42. The molecule has 0 aromatic heterocycles. The maximum Gasteiger partial charge on any atom is 0.123 e. The van der Waals surface area contributed by atoms with Gasteiger partial charge in [0.1, 0.15) is 5.75 Å². The fraction of sp³-hybridized carbons (Fsp3) is 0.238. The summed E-state index contributed by atoms with van der Waals surface area (Å²) in [6, 6.07) is 15.7. The Morgan fingerprint density at radius 2 is 1.55 bits per heavy atom. The molecule has 0 saturated heterocycles. The molecule has 2 rings (SSSR count). The van der Waals surface area contributed by atoms with Crippen LogP contribution in [0.25, 0.3) is 11.6 Å². The van der Waals surface area contributed by atoms with Gasteiger partial charge in [0.15, 0.2) is 0 Å². The molecule has 2 aromatic carbocycles. The van der Waals surface area contributed by atoms with Crippen LogP contribution in [-0.2, 0) is 5.41 Å². The highest BCUT2D eigenvalue weighted by Crippen LogP contribution is 2.22. The number of aromatic hydroxyl groups is 1. The predicted octanol–water partition coefficient (Wildman–Crippen LogP) is 6.05. The molecule has 2 aromatic rings. The lowest BCUT2D eigenvalue weighted by Gasteiger charge is -2.18. The van der Waals surface area contributed by atoms with E-state index < -0.39 is 0 Å². The van der Waals surface area contributed by atoms with Gasteiger partial charge in [0.2, 0.25) is 0 Å². The van der Waals surface area contributed by atoms with Gasteiger partial charge in [0.05, 0.1) is 0 Å². The van der Waals surface area contributed by atoms with E-state index in [9.17, 15) is 5.11 Å². The molecule has 0 unspecified atom stereocenters. The Labute approximate surface area is 134 Å². The number of hydrogen-bond acceptors (Lipinski definition) is 1. The summed E-state index contributed by atoms with van der Waals surface area (Å²) in [5.74, 6) is 0.301. The van der Waals surface area contributed by atoms with Crippen molar-refractivity contribution >= 4 is 11.6 Å². The zero-order valence-electron chi connectivity index (χ0n) is 14.1. The van der Waals surface area contributed by atoms with Crippen molar-refractivity contribution in [3.63, 3.8) is 0 Å². The lowest BCUT2D eigenvalue weighted by atomic mass is 9.87. The van der Waals surface area contributed by atoms with Crippen LogP contribution in [0.1, 0.15) is 44.4 Å². The molecule has 0 fully saturated rings. The third-order valence-electron chi connectivity index (χ3n) is 3.38. The van der Waals surface area contributed by atoms with Crippen molar-refractivity contribution in [2.75, 3.05) is 0 Å². The summed E-state index contributed by atoms with van der Waals surface area (Å²) in [5, 5.41) is 9.22. The van der Waals surface area contributed by atoms with E-state index in [1.54, 1.807) is 12.1 Å². The van der Waals surface area contributed by atoms with Gasteiger partial charge in [-0.25, -0.2) is 0 Å². The average Bonchev–Trinajstić information content (AvgIpc) is 2.47. The van der Waals surface area contributed by atoms with E-state index in [1.165, 1.54) is 11.1 Å². The summed E-state index contributed by atoms with van der Waals surface area (Å²) >= 11 is 0. The second-order valence-corrected chi connectivity index (χ2v) is 6.37. The Morgan fingerprint density at radius 1 is 1.00 bits per heavy atom. The fourth-order valence-corrected chi connectivity index (χ4v) is 1.95. The molecule has 0 saturated carbocycles. The molecule has 0 aliphatic rings. The second kappa shape index (κ2) is 7.65. The van der Waals surface area contributed by atoms with E-state index in [1.807, 2.05) is 25.1 Å². The van der Waals surface area contributed by atoms with Crippen LogP contribution in [0.2, 0.25) is 0 Å². The van der Waals surface area contributed by atoms with Crippen LogP contribution >= 0.6 is 0 Å². The van der Waals surface area contributed by atoms with Gasteiger partial charge in [-0.05, 0) is 35.1 Å². The van der Waals surface area contributed by atoms with Crippen LogP contribution in [0, 0.1) is 0 Å². The highest BCUT2D eigenvalue weighted by Gasteiger charge is 2.12. The highest BCUT2D eigenvalue weighted by molar-refractivity contribution is 5.66. The molecule has 0 amide bonds. The molecular formula is C21H26O. The minimum absolute atomic E-state index is 0.250. The van der Waals surface area contributed by atoms with Crippen LogP contribution in [0.4, 0.5) is 0 Å². The van der Waals surface area contributed by atoms with Gasteiger partial charge in [0.25, 0.3) is 0 Å². The normalized spacial score (nSPS) is 10.4. The van der Waals surface area contributed by atoms with Crippen molar-refractivity contribution in [1.82, 2.24) is 0 Å². The lowest BCUT2D eigenvalue weighted by Crippen LogP contribution is -2.10. The molecule has 0 spiro atoms. The molecule has 0 bridgehead atoms. The summed E-state index contributed by atoms with van der Waals surface area (Å²) in [6.45, 7) is 16.0. The number of phenolic OH excluding ortho intramolecular Hbond substituents is 1. The van der Waals surface area contributed by atoms with Gasteiger partial charge in [-0.1, -0.05) is 82.5 Å². The zero-order valence-corrected chi connectivity index (χ0v) is 14.1. The van der Waals surface area contributed by atoms with Crippen molar-refractivity contribution in [1.29, 1.82) is 0 Å². The fourth-order valence-electron chi connectivity index (χ4n) is 1.95. The van der Waals surface area contributed by atoms with Gasteiger partial charge in [0, 0.05) is 5.56 Å². The van der Waals surface area contributed by atoms with Gasteiger partial charge in [-0.3, -0.25) is 0 Å².